The molecule has 18 heavy (non-hydrogen) atoms. The first-order chi connectivity index (χ1) is 8.50. The van der Waals surface area contributed by atoms with E-state index in [-0.39, 0.29) is 17.3 Å². The molecule has 94 valence electrons. The zero-order valence-electron chi connectivity index (χ0n) is 10.7. The second-order valence-electron chi connectivity index (χ2n) is 4.54. The third-order valence-electron chi connectivity index (χ3n) is 2.80. The molecule has 2 heterocycles. The number of aryl methyl sites for hydroxylation is 1. The number of anilines is 1. The van der Waals surface area contributed by atoms with E-state index in [2.05, 4.69) is 15.0 Å². The van der Waals surface area contributed by atoms with Gasteiger partial charge in [0.2, 0.25) is 0 Å². The Morgan fingerprint density at radius 2 is 2.11 bits per heavy atom. The fourth-order valence-corrected chi connectivity index (χ4v) is 1.90. The molecule has 0 amide bonds. The van der Waals surface area contributed by atoms with Crippen molar-refractivity contribution < 1.29 is 0 Å². The van der Waals surface area contributed by atoms with Gasteiger partial charge in [0.25, 0.3) is 5.56 Å². The Kier molecular flexibility index (Phi) is 3.14. The molecule has 0 bridgehead atoms. The van der Waals surface area contributed by atoms with Crippen LogP contribution < -0.4 is 11.3 Å². The lowest BCUT2D eigenvalue weighted by molar-refractivity contribution is 0.836. The van der Waals surface area contributed by atoms with Gasteiger partial charge in [0.1, 0.15) is 11.5 Å². The van der Waals surface area contributed by atoms with Gasteiger partial charge in [-0.1, -0.05) is 19.9 Å². The van der Waals surface area contributed by atoms with Gasteiger partial charge in [-0.25, -0.2) is 4.98 Å². The van der Waals surface area contributed by atoms with Crippen molar-refractivity contribution in [1.29, 1.82) is 0 Å². The maximum atomic E-state index is 12.0. The summed E-state index contributed by atoms with van der Waals surface area (Å²) in [5.41, 5.74) is 7.77. The molecule has 2 aromatic heterocycles. The number of nitrogens with zero attached hydrogens (tertiary/aromatic N) is 2. The van der Waals surface area contributed by atoms with E-state index in [9.17, 15) is 4.79 Å². The molecule has 0 aromatic carbocycles. The summed E-state index contributed by atoms with van der Waals surface area (Å²) in [6, 6.07) is 3.75. The zero-order chi connectivity index (χ0) is 13.3. The van der Waals surface area contributed by atoms with Crippen molar-refractivity contribution in [2.75, 3.05) is 5.73 Å². The predicted octanol–water partition coefficient (Wildman–Crippen LogP) is 1.85. The molecule has 0 fully saturated rings. The molecule has 0 saturated carbocycles. The number of hydrogen-bond donors (Lipinski definition) is 2. The summed E-state index contributed by atoms with van der Waals surface area (Å²) in [6.07, 6.45) is 1.66. The Morgan fingerprint density at radius 3 is 2.67 bits per heavy atom. The third kappa shape index (κ3) is 2.11. The molecular formula is C13H16N4O. The first-order valence-electron chi connectivity index (χ1n) is 5.82. The molecule has 2 rings (SSSR count). The molecule has 0 saturated heterocycles. The highest BCUT2D eigenvalue weighted by molar-refractivity contribution is 5.57. The monoisotopic (exact) mass is 244 g/mol. The number of nitrogens with two attached hydrogens (primary N) is 1. The topological polar surface area (TPSA) is 84.7 Å². The zero-order valence-corrected chi connectivity index (χ0v) is 10.7. The van der Waals surface area contributed by atoms with E-state index in [1.807, 2.05) is 32.9 Å². The van der Waals surface area contributed by atoms with Crippen molar-refractivity contribution in [1.82, 2.24) is 15.0 Å². The molecule has 0 radical (unpaired) electrons. The second-order valence-corrected chi connectivity index (χ2v) is 4.54. The standard InChI is InChI=1S/C13H16N4O/c1-7(2)9-11(14)16-12(17-13(9)18)10-8(3)5-4-6-15-10/h4-7H,1-3H3,(H3,14,16,17,18). The van der Waals surface area contributed by atoms with Crippen LogP contribution in [-0.4, -0.2) is 15.0 Å². The van der Waals surface area contributed by atoms with Crippen molar-refractivity contribution >= 4 is 5.82 Å². The summed E-state index contributed by atoms with van der Waals surface area (Å²) in [5.74, 6) is 0.730. The normalized spacial score (nSPS) is 10.9. The van der Waals surface area contributed by atoms with Crippen LogP contribution in [0.5, 0.6) is 0 Å². The molecule has 5 nitrogen and oxygen atoms in total. The van der Waals surface area contributed by atoms with Gasteiger partial charge in [0, 0.05) is 6.20 Å². The first kappa shape index (κ1) is 12.3. The minimum Gasteiger partial charge on any atom is -0.383 e. The van der Waals surface area contributed by atoms with E-state index in [4.69, 9.17) is 5.73 Å². The summed E-state index contributed by atoms with van der Waals surface area (Å²) < 4.78 is 0. The lowest BCUT2D eigenvalue weighted by Gasteiger charge is -2.09. The molecule has 5 heteroatoms. The van der Waals surface area contributed by atoms with Gasteiger partial charge in [0.05, 0.1) is 5.56 Å². The van der Waals surface area contributed by atoms with E-state index >= 15 is 0 Å². The Hall–Kier alpha value is -2.17. The van der Waals surface area contributed by atoms with Crippen LogP contribution in [0.2, 0.25) is 0 Å². The summed E-state index contributed by atoms with van der Waals surface area (Å²) in [4.78, 5) is 23.2. The Balaban J connectivity index is 2.63. The summed E-state index contributed by atoms with van der Waals surface area (Å²) >= 11 is 0. The van der Waals surface area contributed by atoms with E-state index < -0.39 is 0 Å². The summed E-state index contributed by atoms with van der Waals surface area (Å²) in [7, 11) is 0. The maximum absolute atomic E-state index is 12.0. The van der Waals surface area contributed by atoms with Gasteiger partial charge in [-0.2, -0.15) is 0 Å². The third-order valence-corrected chi connectivity index (χ3v) is 2.80. The summed E-state index contributed by atoms with van der Waals surface area (Å²) in [6.45, 7) is 5.73. The molecule has 0 unspecified atom stereocenters. The number of nitrogen functional groups attached to an aromatic ring is 1. The minimum absolute atomic E-state index is 0.0418. The molecule has 0 aliphatic heterocycles. The highest BCUT2D eigenvalue weighted by Crippen LogP contribution is 2.20. The fourth-order valence-electron chi connectivity index (χ4n) is 1.90. The number of nitrogens with one attached hydrogen (secondary N) is 1. The largest absolute Gasteiger partial charge is 0.383 e. The van der Waals surface area contributed by atoms with Crippen LogP contribution in [0.15, 0.2) is 23.1 Å². The van der Waals surface area contributed by atoms with E-state index in [0.29, 0.717) is 17.1 Å². The van der Waals surface area contributed by atoms with E-state index in [1.165, 1.54) is 0 Å². The minimum atomic E-state index is -0.197. The highest BCUT2D eigenvalue weighted by atomic mass is 16.1. The van der Waals surface area contributed by atoms with Crippen LogP contribution in [0.1, 0.15) is 30.9 Å². The Bertz CT molecular complexity index is 631. The van der Waals surface area contributed by atoms with E-state index in [1.54, 1.807) is 6.20 Å². The SMILES string of the molecule is Cc1cccnc1-c1nc(N)c(C(C)C)c(=O)[nH]1. The lowest BCUT2D eigenvalue weighted by atomic mass is 10.1. The lowest BCUT2D eigenvalue weighted by Crippen LogP contribution is -2.19. The van der Waals surface area contributed by atoms with Gasteiger partial charge < -0.3 is 10.7 Å². The van der Waals surface area contributed by atoms with Crippen molar-refractivity contribution in [2.24, 2.45) is 0 Å². The molecule has 0 atom stereocenters. The number of hydrogen-bond acceptors (Lipinski definition) is 4. The number of rotatable bonds is 2. The number of aromatic nitrogens is 3. The van der Waals surface area contributed by atoms with Gasteiger partial charge >= 0.3 is 0 Å². The Labute approximate surface area is 105 Å². The van der Waals surface area contributed by atoms with Crippen LogP contribution in [0, 0.1) is 6.92 Å². The molecular weight excluding hydrogens is 228 g/mol. The van der Waals surface area contributed by atoms with Crippen LogP contribution in [0.4, 0.5) is 5.82 Å². The smallest absolute Gasteiger partial charge is 0.256 e. The molecule has 0 aliphatic rings. The number of aromatic amines is 1. The number of pyridine rings is 1. The summed E-state index contributed by atoms with van der Waals surface area (Å²) in [5, 5.41) is 0. The van der Waals surface area contributed by atoms with Gasteiger partial charge in [-0.05, 0) is 24.5 Å². The second kappa shape index (κ2) is 4.60. The highest BCUT2D eigenvalue weighted by Gasteiger charge is 2.14. The van der Waals surface area contributed by atoms with Crippen molar-refractivity contribution in [3.05, 3.63) is 39.8 Å². The van der Waals surface area contributed by atoms with Crippen LogP contribution in [-0.2, 0) is 0 Å². The van der Waals surface area contributed by atoms with Gasteiger partial charge in [-0.3, -0.25) is 9.78 Å². The van der Waals surface area contributed by atoms with Crippen molar-refractivity contribution in [2.45, 2.75) is 26.7 Å². The molecule has 0 spiro atoms. The Morgan fingerprint density at radius 1 is 1.39 bits per heavy atom. The average Bonchev–Trinajstić information content (AvgIpc) is 2.27. The van der Waals surface area contributed by atoms with Crippen LogP contribution >= 0.6 is 0 Å². The quantitative estimate of drug-likeness (QED) is 0.844. The van der Waals surface area contributed by atoms with Crippen molar-refractivity contribution in [3.8, 4) is 11.5 Å². The predicted molar refractivity (Wildman–Crippen MR) is 71.3 cm³/mol. The first-order valence-corrected chi connectivity index (χ1v) is 5.82. The molecule has 0 aliphatic carbocycles. The molecule has 2 aromatic rings. The van der Waals surface area contributed by atoms with Gasteiger partial charge in [0.15, 0.2) is 5.82 Å². The van der Waals surface area contributed by atoms with Gasteiger partial charge in [-0.15, -0.1) is 0 Å². The average molecular weight is 244 g/mol. The van der Waals surface area contributed by atoms with Crippen LogP contribution in [0.25, 0.3) is 11.5 Å². The fraction of sp³-hybridized carbons (Fsp3) is 0.308. The maximum Gasteiger partial charge on any atom is 0.256 e. The van der Waals surface area contributed by atoms with Crippen LogP contribution in [0.3, 0.4) is 0 Å². The number of H-pyrrole nitrogens is 1. The van der Waals surface area contributed by atoms with E-state index in [0.717, 1.165) is 5.56 Å². The molecule has 3 N–H and O–H groups in total. The van der Waals surface area contributed by atoms with Crippen molar-refractivity contribution in [3.63, 3.8) is 0 Å².